The van der Waals surface area contributed by atoms with Gasteiger partial charge < -0.3 is 9.13 Å². The van der Waals surface area contributed by atoms with Gasteiger partial charge in [0.2, 0.25) is 0 Å². The van der Waals surface area contributed by atoms with E-state index in [1.54, 1.807) is 11.3 Å². The molecule has 0 saturated heterocycles. The Morgan fingerprint density at radius 3 is 1.71 bits per heavy atom. The molecule has 12 rings (SSSR count). The van der Waals surface area contributed by atoms with Gasteiger partial charge in [0.05, 0.1) is 33.7 Å². The number of rotatable bonds is 7. The Bertz CT molecular complexity index is 3750. The van der Waals surface area contributed by atoms with Gasteiger partial charge in [0.1, 0.15) is 4.83 Å². The van der Waals surface area contributed by atoms with E-state index in [1.165, 1.54) is 6.07 Å². The number of imidazole rings is 2. The van der Waals surface area contributed by atoms with Crippen molar-refractivity contribution in [2.24, 2.45) is 0 Å². The molecule has 0 spiro atoms. The first-order valence-electron chi connectivity index (χ1n) is 20.9. The predicted molar refractivity (Wildman–Crippen MR) is 254 cm³/mol. The Hall–Kier alpha value is -7.52. The first-order valence-corrected chi connectivity index (χ1v) is 21.7. The van der Waals surface area contributed by atoms with E-state index >= 15 is 0 Å². The third-order valence-electron chi connectivity index (χ3n) is 11.7. The third kappa shape index (κ3) is 7.01. The van der Waals surface area contributed by atoms with Crippen LogP contribution in [0.3, 0.4) is 0 Å². The van der Waals surface area contributed by atoms with Crippen molar-refractivity contribution >= 4 is 53.7 Å². The van der Waals surface area contributed by atoms with E-state index in [-0.39, 0.29) is 26.6 Å². The molecular weight excluding hydrogens is 1030 g/mol. The maximum Gasteiger partial charge on any atom is 2.00 e. The molecule has 4 heterocycles. The van der Waals surface area contributed by atoms with Crippen LogP contribution in [-0.2, 0) is 27.2 Å². The summed E-state index contributed by atoms with van der Waals surface area (Å²) in [6.07, 6.45) is -2.63. The monoisotopic (exact) mass is 1060 g/mol. The molecule has 66 heavy (non-hydrogen) atoms. The molecular formula is C55H31F3N6PtS. The van der Waals surface area contributed by atoms with E-state index in [0.29, 0.717) is 23.0 Å². The second-order valence-electron chi connectivity index (χ2n) is 15.6. The Labute approximate surface area is 394 Å². The Morgan fingerprint density at radius 2 is 1.08 bits per heavy atom. The molecule has 318 valence electrons. The van der Waals surface area contributed by atoms with Gasteiger partial charge >= 0.3 is 27.2 Å². The van der Waals surface area contributed by atoms with Crippen molar-refractivity contribution in [3.63, 3.8) is 0 Å². The van der Waals surface area contributed by atoms with Crippen molar-refractivity contribution in [1.82, 2.24) is 29.1 Å². The number of nitrogens with zero attached hydrogens (tertiary/aromatic N) is 6. The molecule has 11 heteroatoms. The van der Waals surface area contributed by atoms with Crippen molar-refractivity contribution in [1.29, 1.82) is 0 Å². The molecule has 0 fully saturated rings. The number of thiophene rings is 1. The summed E-state index contributed by atoms with van der Waals surface area (Å²) >= 11 is 1.59. The molecule has 4 aromatic heterocycles. The average Bonchev–Trinajstić information content (AvgIpc) is 4.06. The van der Waals surface area contributed by atoms with Gasteiger partial charge in [0.25, 0.3) is 0 Å². The molecule has 0 aliphatic carbocycles. The zero-order valence-electron chi connectivity index (χ0n) is 34.4. The van der Waals surface area contributed by atoms with Gasteiger partial charge in [-0.2, -0.15) is 24.5 Å². The van der Waals surface area contributed by atoms with E-state index in [2.05, 4.69) is 77.4 Å². The summed E-state index contributed by atoms with van der Waals surface area (Å²) in [5.41, 5.74) is 9.69. The Balaban J connectivity index is 0.00000481. The maximum absolute atomic E-state index is 14.0. The molecule has 0 aliphatic heterocycles. The summed E-state index contributed by atoms with van der Waals surface area (Å²) in [5.74, 6) is 1.68. The SMILES string of the molecule is FC(F)(F)c1cc[c-]c(-c2nc3c(-c4cccc5c4nc(-c4[c-]ccc6c4sc4nc(-c7ccc(-c8ccccc8)cc7)ncc46)n5-c4ccccc4)cccc3n2-c2ccccc2)c1.[Pt+2]. The van der Waals surface area contributed by atoms with Crippen LogP contribution >= 0.6 is 11.3 Å². The molecule has 0 unspecified atom stereocenters. The van der Waals surface area contributed by atoms with Gasteiger partial charge in [0, 0.05) is 39.6 Å². The number of hydrogen-bond acceptors (Lipinski definition) is 5. The second-order valence-corrected chi connectivity index (χ2v) is 16.6. The second kappa shape index (κ2) is 16.5. The van der Waals surface area contributed by atoms with E-state index < -0.39 is 11.7 Å². The Kier molecular flexibility index (Phi) is 10.3. The summed E-state index contributed by atoms with van der Waals surface area (Å²) in [4.78, 5) is 21.4. The largest absolute Gasteiger partial charge is 2.00 e. The molecule has 0 atom stereocenters. The van der Waals surface area contributed by atoms with Crippen LogP contribution in [-0.4, -0.2) is 29.1 Å². The number of benzene rings is 8. The topological polar surface area (TPSA) is 61.4 Å². The maximum atomic E-state index is 14.0. The zero-order valence-corrected chi connectivity index (χ0v) is 37.5. The quantitative estimate of drug-likeness (QED) is 0.149. The average molecular weight is 1060 g/mol. The van der Waals surface area contributed by atoms with Crippen LogP contribution < -0.4 is 0 Å². The van der Waals surface area contributed by atoms with Crippen LogP contribution in [0.25, 0.3) is 110 Å². The predicted octanol–water partition coefficient (Wildman–Crippen LogP) is 14.5. The van der Waals surface area contributed by atoms with Gasteiger partial charge in [-0.25, -0.2) is 9.97 Å². The van der Waals surface area contributed by atoms with E-state index in [0.717, 1.165) is 93.7 Å². The number of fused-ring (bicyclic) bond motifs is 5. The first kappa shape index (κ1) is 41.2. The number of halogens is 3. The zero-order chi connectivity index (χ0) is 43.6. The minimum absolute atomic E-state index is 0. The number of alkyl halides is 3. The number of hydrogen-bond donors (Lipinski definition) is 0. The third-order valence-corrected chi connectivity index (χ3v) is 12.9. The van der Waals surface area contributed by atoms with Crippen LogP contribution in [0.1, 0.15) is 5.56 Å². The minimum Gasteiger partial charge on any atom is -0.333 e. The van der Waals surface area contributed by atoms with Crippen LogP contribution in [0.2, 0.25) is 0 Å². The van der Waals surface area contributed by atoms with Gasteiger partial charge in [-0.1, -0.05) is 126 Å². The fraction of sp³-hybridized carbons (Fsp3) is 0.0182. The molecule has 0 amide bonds. The smallest absolute Gasteiger partial charge is 0.333 e. The number of aromatic nitrogens is 6. The molecule has 0 N–H and O–H groups in total. The van der Waals surface area contributed by atoms with E-state index in [4.69, 9.17) is 19.9 Å². The standard InChI is InChI=1S/C55H31F3N6S.Pt/c56-55(57,58)38-17-10-16-37(32-38)52-60-48-41(22-12-26-46(48)63(52)39-18-6-2-7-19-39)42-23-13-27-47-49(42)61-53(64(47)40-20-8-3-9-21-40)44-25-11-24-43-45-33-59-51(62-54(45)65-50(43)44)36-30-28-35(29-31-36)34-14-4-1-5-15-34;/h1-15,17-24,26-33H;/q-2;+2. The molecule has 0 aliphatic rings. The number of para-hydroxylation sites is 4. The van der Waals surface area contributed by atoms with Crippen LogP contribution in [0, 0.1) is 12.1 Å². The summed E-state index contributed by atoms with van der Waals surface area (Å²) in [6.45, 7) is 0. The normalized spacial score (nSPS) is 11.7. The summed E-state index contributed by atoms with van der Waals surface area (Å²) in [5, 5.41) is 1.95. The molecule has 6 nitrogen and oxygen atoms in total. The van der Waals surface area contributed by atoms with Gasteiger partial charge in [-0.3, -0.25) is 9.97 Å². The van der Waals surface area contributed by atoms with Crippen LogP contribution in [0.5, 0.6) is 0 Å². The van der Waals surface area contributed by atoms with Crippen LogP contribution in [0.15, 0.2) is 188 Å². The molecule has 0 saturated carbocycles. The van der Waals surface area contributed by atoms with Crippen molar-refractivity contribution < 1.29 is 34.2 Å². The van der Waals surface area contributed by atoms with Gasteiger partial charge in [0.15, 0.2) is 5.82 Å². The van der Waals surface area contributed by atoms with Crippen LogP contribution in [0.4, 0.5) is 13.2 Å². The Morgan fingerprint density at radius 1 is 0.515 bits per heavy atom. The molecule has 12 aromatic rings. The first-order chi connectivity index (χ1) is 31.9. The fourth-order valence-electron chi connectivity index (χ4n) is 8.71. The van der Waals surface area contributed by atoms with Crippen molar-refractivity contribution in [3.05, 3.63) is 206 Å². The minimum atomic E-state index is -4.53. The van der Waals surface area contributed by atoms with E-state index in [1.807, 2.05) is 114 Å². The van der Waals surface area contributed by atoms with Crippen molar-refractivity contribution in [3.8, 4) is 67.8 Å². The molecule has 0 radical (unpaired) electrons. The van der Waals surface area contributed by atoms with Gasteiger partial charge in [-0.05, 0) is 57.8 Å². The molecule has 8 aromatic carbocycles. The summed E-state index contributed by atoms with van der Waals surface area (Å²) in [6, 6.07) is 64.2. The molecule has 0 bridgehead atoms. The van der Waals surface area contributed by atoms with Crippen molar-refractivity contribution in [2.75, 3.05) is 0 Å². The van der Waals surface area contributed by atoms with Gasteiger partial charge in [-0.15, -0.1) is 48.0 Å². The van der Waals surface area contributed by atoms with E-state index in [9.17, 15) is 13.2 Å². The fourth-order valence-corrected chi connectivity index (χ4v) is 9.84. The summed E-state index contributed by atoms with van der Waals surface area (Å²) in [7, 11) is 0. The van der Waals surface area contributed by atoms with Crippen molar-refractivity contribution in [2.45, 2.75) is 6.18 Å². The summed E-state index contributed by atoms with van der Waals surface area (Å²) < 4.78 is 47.2.